The third-order valence-electron chi connectivity index (χ3n) is 3.43. The summed E-state index contributed by atoms with van der Waals surface area (Å²) in [6.45, 7) is 4.41. The van der Waals surface area contributed by atoms with Crippen LogP contribution in [0.1, 0.15) is 25.8 Å². The van der Waals surface area contributed by atoms with Crippen LogP contribution >= 0.6 is 11.8 Å². The molecule has 1 fully saturated rings. The summed E-state index contributed by atoms with van der Waals surface area (Å²) in [6, 6.07) is 7.63. The Kier molecular flexibility index (Phi) is 6.35. The minimum Gasteiger partial charge on any atom is -0.491 e. The highest BCUT2D eigenvalue weighted by molar-refractivity contribution is 8.02. The maximum absolute atomic E-state index is 11.8. The van der Waals surface area contributed by atoms with Gasteiger partial charge in [-0.15, -0.1) is 11.8 Å². The first-order valence-corrected chi connectivity index (χ1v) is 10.6. The van der Waals surface area contributed by atoms with Crippen LogP contribution in [-0.4, -0.2) is 42.9 Å². The zero-order valence-corrected chi connectivity index (χ0v) is 15.1. The van der Waals surface area contributed by atoms with Crippen molar-refractivity contribution in [2.75, 3.05) is 17.3 Å². The van der Waals surface area contributed by atoms with Gasteiger partial charge in [-0.05, 0) is 38.0 Å². The lowest BCUT2D eigenvalue weighted by Crippen LogP contribution is -2.25. The highest BCUT2D eigenvalue weighted by atomic mass is 32.2. The molecule has 0 spiro atoms. The molecule has 0 aromatic heterocycles. The molecule has 2 rings (SSSR count). The summed E-state index contributed by atoms with van der Waals surface area (Å²) in [4.78, 5) is 11.8. The fourth-order valence-corrected chi connectivity index (χ4v) is 5.77. The van der Waals surface area contributed by atoms with Gasteiger partial charge in [-0.25, -0.2) is 8.42 Å². The number of ether oxygens (including phenoxy) is 1. The van der Waals surface area contributed by atoms with Gasteiger partial charge in [0.25, 0.3) is 0 Å². The minimum absolute atomic E-state index is 0.0539. The third-order valence-corrected chi connectivity index (χ3v) is 6.71. The van der Waals surface area contributed by atoms with E-state index in [2.05, 4.69) is 5.32 Å². The molecule has 7 heteroatoms. The van der Waals surface area contributed by atoms with Crippen molar-refractivity contribution in [3.8, 4) is 5.75 Å². The van der Waals surface area contributed by atoms with Crippen LogP contribution in [0.3, 0.4) is 0 Å². The zero-order chi connectivity index (χ0) is 16.9. The standard InChI is InChI=1S/C16H23NO4S2/c1-12(2)21-14-5-3-13(4-6-14)9-17-16(18)10-22-15-7-8-23(19,20)11-15/h3-6,12,15H,7-11H2,1-2H3,(H,17,18)/t15-/m0/s1. The lowest BCUT2D eigenvalue weighted by molar-refractivity contribution is -0.118. The van der Waals surface area contributed by atoms with Crippen LogP contribution in [0.25, 0.3) is 0 Å². The summed E-state index contributed by atoms with van der Waals surface area (Å²) in [6.07, 6.45) is 0.786. The first-order valence-electron chi connectivity index (χ1n) is 7.68. The quantitative estimate of drug-likeness (QED) is 0.808. The molecule has 1 aromatic rings. The van der Waals surface area contributed by atoms with E-state index in [1.165, 1.54) is 11.8 Å². The Bertz CT molecular complexity index is 626. The average molecular weight is 357 g/mol. The van der Waals surface area contributed by atoms with Crippen molar-refractivity contribution in [1.82, 2.24) is 5.32 Å². The number of benzene rings is 1. The first kappa shape index (κ1) is 18.1. The predicted octanol–water partition coefficient (Wildman–Crippen LogP) is 2.01. The van der Waals surface area contributed by atoms with E-state index in [1.807, 2.05) is 38.1 Å². The van der Waals surface area contributed by atoms with E-state index in [9.17, 15) is 13.2 Å². The second-order valence-electron chi connectivity index (χ2n) is 5.92. The Morgan fingerprint density at radius 3 is 2.61 bits per heavy atom. The summed E-state index contributed by atoms with van der Waals surface area (Å²) in [7, 11) is -2.88. The molecular weight excluding hydrogens is 334 g/mol. The maximum Gasteiger partial charge on any atom is 0.230 e. The summed E-state index contributed by atoms with van der Waals surface area (Å²) < 4.78 is 28.3. The molecule has 1 atom stereocenters. The topological polar surface area (TPSA) is 72.5 Å². The normalized spacial score (nSPS) is 19.7. The van der Waals surface area contributed by atoms with Crippen molar-refractivity contribution in [2.24, 2.45) is 0 Å². The van der Waals surface area contributed by atoms with Crippen LogP contribution in [-0.2, 0) is 21.2 Å². The van der Waals surface area contributed by atoms with Crippen LogP contribution in [0, 0.1) is 0 Å². The Morgan fingerprint density at radius 1 is 1.35 bits per heavy atom. The number of hydrogen-bond acceptors (Lipinski definition) is 5. The molecule has 1 N–H and O–H groups in total. The van der Waals surface area contributed by atoms with Crippen LogP contribution in [0.5, 0.6) is 5.75 Å². The van der Waals surface area contributed by atoms with Crippen LogP contribution < -0.4 is 10.1 Å². The minimum atomic E-state index is -2.88. The van der Waals surface area contributed by atoms with Crippen LogP contribution in [0.15, 0.2) is 24.3 Å². The molecule has 1 aliphatic heterocycles. The number of carbonyl (C=O) groups excluding carboxylic acids is 1. The number of rotatable bonds is 7. The van der Waals surface area contributed by atoms with Gasteiger partial charge in [-0.3, -0.25) is 4.79 Å². The van der Waals surface area contributed by atoms with Crippen molar-refractivity contribution in [3.63, 3.8) is 0 Å². The SMILES string of the molecule is CC(C)Oc1ccc(CNC(=O)CS[C@H]2CCS(=O)(=O)C2)cc1. The Hall–Kier alpha value is -1.21. The smallest absolute Gasteiger partial charge is 0.230 e. The molecule has 0 bridgehead atoms. The zero-order valence-electron chi connectivity index (χ0n) is 13.4. The van der Waals surface area contributed by atoms with Crippen molar-refractivity contribution in [2.45, 2.75) is 38.2 Å². The summed E-state index contributed by atoms with van der Waals surface area (Å²) in [5.41, 5.74) is 1.00. The molecule has 1 saturated heterocycles. The van der Waals surface area contributed by atoms with E-state index < -0.39 is 9.84 Å². The number of amides is 1. The molecule has 1 aliphatic rings. The van der Waals surface area contributed by atoms with E-state index in [4.69, 9.17) is 4.74 Å². The van der Waals surface area contributed by atoms with Crippen LogP contribution in [0.2, 0.25) is 0 Å². The first-order chi connectivity index (χ1) is 10.8. The van der Waals surface area contributed by atoms with Crippen molar-refractivity contribution in [3.05, 3.63) is 29.8 Å². The molecular formula is C16H23NO4S2. The van der Waals surface area contributed by atoms with Crippen molar-refractivity contribution >= 4 is 27.5 Å². The molecule has 128 valence electrons. The predicted molar refractivity (Wildman–Crippen MR) is 93.6 cm³/mol. The monoisotopic (exact) mass is 357 g/mol. The number of hydrogen-bond donors (Lipinski definition) is 1. The van der Waals surface area contributed by atoms with E-state index in [-0.39, 0.29) is 28.8 Å². The Labute approximate surface area is 142 Å². The number of carbonyl (C=O) groups is 1. The largest absolute Gasteiger partial charge is 0.491 e. The third kappa shape index (κ3) is 6.43. The molecule has 0 unspecified atom stereocenters. The van der Waals surface area contributed by atoms with E-state index in [1.54, 1.807) is 0 Å². The maximum atomic E-state index is 11.8. The highest BCUT2D eigenvalue weighted by Gasteiger charge is 2.28. The molecule has 1 heterocycles. The van der Waals surface area contributed by atoms with Gasteiger partial charge in [-0.2, -0.15) is 0 Å². The molecule has 0 aliphatic carbocycles. The second kappa shape index (κ2) is 8.06. The molecule has 5 nitrogen and oxygen atoms in total. The van der Waals surface area contributed by atoms with Gasteiger partial charge in [0.1, 0.15) is 5.75 Å². The summed E-state index contributed by atoms with van der Waals surface area (Å²) >= 11 is 1.43. The van der Waals surface area contributed by atoms with Gasteiger partial charge >= 0.3 is 0 Å². The van der Waals surface area contributed by atoms with E-state index in [0.717, 1.165) is 11.3 Å². The summed E-state index contributed by atoms with van der Waals surface area (Å²) in [5.74, 6) is 1.49. The van der Waals surface area contributed by atoms with Crippen molar-refractivity contribution in [1.29, 1.82) is 0 Å². The van der Waals surface area contributed by atoms with E-state index in [0.29, 0.717) is 18.7 Å². The van der Waals surface area contributed by atoms with Gasteiger partial charge in [0.2, 0.25) is 5.91 Å². The molecule has 1 aromatic carbocycles. The number of thioether (sulfide) groups is 1. The van der Waals surface area contributed by atoms with Crippen LogP contribution in [0.4, 0.5) is 0 Å². The molecule has 0 saturated carbocycles. The van der Waals surface area contributed by atoms with Gasteiger partial charge in [0, 0.05) is 11.8 Å². The molecule has 23 heavy (non-hydrogen) atoms. The van der Waals surface area contributed by atoms with E-state index >= 15 is 0 Å². The number of nitrogens with one attached hydrogen (secondary N) is 1. The molecule has 1 amide bonds. The highest BCUT2D eigenvalue weighted by Crippen LogP contribution is 2.24. The second-order valence-corrected chi connectivity index (χ2v) is 9.44. The van der Waals surface area contributed by atoms with Crippen molar-refractivity contribution < 1.29 is 17.9 Å². The van der Waals surface area contributed by atoms with Gasteiger partial charge < -0.3 is 10.1 Å². The Morgan fingerprint density at radius 2 is 2.04 bits per heavy atom. The Balaban J connectivity index is 1.70. The van der Waals surface area contributed by atoms with Gasteiger partial charge in [0.05, 0.1) is 23.4 Å². The fourth-order valence-electron chi connectivity index (χ4n) is 2.30. The average Bonchev–Trinajstić information content (AvgIpc) is 2.83. The molecule has 0 radical (unpaired) electrons. The lowest BCUT2D eigenvalue weighted by Gasteiger charge is -2.11. The number of sulfone groups is 1. The summed E-state index contributed by atoms with van der Waals surface area (Å²) in [5, 5.41) is 2.91. The lowest BCUT2D eigenvalue weighted by atomic mass is 10.2. The van der Waals surface area contributed by atoms with Gasteiger partial charge in [-0.1, -0.05) is 12.1 Å². The van der Waals surface area contributed by atoms with Gasteiger partial charge in [0.15, 0.2) is 9.84 Å². The fraction of sp³-hybridized carbons (Fsp3) is 0.562.